The van der Waals surface area contributed by atoms with Gasteiger partial charge in [0.25, 0.3) is 0 Å². The van der Waals surface area contributed by atoms with Crippen molar-refractivity contribution in [2.75, 3.05) is 0 Å². The van der Waals surface area contributed by atoms with Crippen molar-refractivity contribution in [3.05, 3.63) is 41.0 Å². The van der Waals surface area contributed by atoms with E-state index in [1.54, 1.807) is 6.92 Å². The molecule has 0 fully saturated rings. The van der Waals surface area contributed by atoms with Crippen LogP contribution in [0.15, 0.2) is 29.8 Å². The van der Waals surface area contributed by atoms with Crippen molar-refractivity contribution >= 4 is 11.9 Å². The topological polar surface area (TPSA) is 17.1 Å². The van der Waals surface area contributed by atoms with Crippen LogP contribution in [-0.4, -0.2) is 5.78 Å². The normalized spacial score (nSPS) is 11.6. The molecule has 0 saturated heterocycles. The van der Waals surface area contributed by atoms with Gasteiger partial charge < -0.3 is 0 Å². The number of carbonyl (C=O) groups is 1. The van der Waals surface area contributed by atoms with Crippen LogP contribution >= 0.6 is 0 Å². The van der Waals surface area contributed by atoms with Crippen molar-refractivity contribution in [2.24, 2.45) is 0 Å². The number of unbranched alkanes of at least 4 members (excludes halogenated alkanes) is 2. The van der Waals surface area contributed by atoms with Gasteiger partial charge in [-0.3, -0.25) is 4.79 Å². The summed E-state index contributed by atoms with van der Waals surface area (Å²) in [6.45, 7) is 5.91. The van der Waals surface area contributed by atoms with Crippen LogP contribution in [0.2, 0.25) is 0 Å². The van der Waals surface area contributed by atoms with Gasteiger partial charge in [-0.15, -0.1) is 0 Å². The van der Waals surface area contributed by atoms with Gasteiger partial charge >= 0.3 is 0 Å². The van der Waals surface area contributed by atoms with E-state index in [0.29, 0.717) is 0 Å². The Morgan fingerprint density at radius 2 is 1.82 bits per heavy atom. The number of allylic oxidation sites excluding steroid dienone is 1. The molecule has 0 spiro atoms. The second-order valence-electron chi connectivity index (χ2n) is 4.59. The summed E-state index contributed by atoms with van der Waals surface area (Å²) in [5, 5.41) is 0. The standard InChI is InChI=1S/C16H22O/c1-4-5-6-7-16(14(3)17)12-15-10-8-13(2)9-11-15/h8-12H,4-7H2,1-3H3. The predicted octanol–water partition coefficient (Wildman–Crippen LogP) is 4.55. The molecule has 0 bridgehead atoms. The molecule has 0 radical (unpaired) electrons. The molecule has 0 heterocycles. The highest BCUT2D eigenvalue weighted by Gasteiger charge is 2.03. The third kappa shape index (κ3) is 4.99. The third-order valence-electron chi connectivity index (χ3n) is 2.92. The molecule has 0 aromatic heterocycles. The Labute approximate surface area is 105 Å². The van der Waals surface area contributed by atoms with Crippen molar-refractivity contribution in [2.45, 2.75) is 46.5 Å². The molecule has 0 N–H and O–H groups in total. The zero-order chi connectivity index (χ0) is 12.7. The summed E-state index contributed by atoms with van der Waals surface area (Å²) in [4.78, 5) is 11.5. The number of rotatable bonds is 6. The minimum Gasteiger partial charge on any atom is -0.295 e. The summed E-state index contributed by atoms with van der Waals surface area (Å²) in [5.41, 5.74) is 3.32. The first-order chi connectivity index (χ1) is 8.13. The van der Waals surface area contributed by atoms with Crippen LogP contribution in [0.3, 0.4) is 0 Å². The van der Waals surface area contributed by atoms with Gasteiger partial charge in [-0.1, -0.05) is 49.6 Å². The maximum absolute atomic E-state index is 11.5. The fraction of sp³-hybridized carbons (Fsp3) is 0.438. The molecule has 1 aromatic carbocycles. The minimum atomic E-state index is 0.196. The fourth-order valence-electron chi connectivity index (χ4n) is 1.78. The number of Topliss-reactive ketones (excluding diaryl/α,β-unsaturated/α-hetero) is 1. The van der Waals surface area contributed by atoms with Crippen LogP contribution in [0.1, 0.15) is 50.7 Å². The van der Waals surface area contributed by atoms with E-state index >= 15 is 0 Å². The smallest absolute Gasteiger partial charge is 0.155 e. The van der Waals surface area contributed by atoms with Gasteiger partial charge in [-0.2, -0.15) is 0 Å². The molecule has 17 heavy (non-hydrogen) atoms. The molecular formula is C16H22O. The Bertz CT molecular complexity index is 384. The highest BCUT2D eigenvalue weighted by molar-refractivity contribution is 5.97. The zero-order valence-corrected chi connectivity index (χ0v) is 11.1. The lowest BCUT2D eigenvalue weighted by molar-refractivity contribution is -0.113. The Morgan fingerprint density at radius 1 is 1.18 bits per heavy atom. The Morgan fingerprint density at radius 3 is 2.35 bits per heavy atom. The van der Waals surface area contributed by atoms with Gasteiger partial charge in [-0.05, 0) is 43.9 Å². The van der Waals surface area contributed by atoms with Gasteiger partial charge in [-0.25, -0.2) is 0 Å². The van der Waals surface area contributed by atoms with E-state index in [4.69, 9.17) is 0 Å². The number of carbonyl (C=O) groups excluding carboxylic acids is 1. The lowest BCUT2D eigenvalue weighted by Gasteiger charge is -2.04. The molecule has 0 aliphatic carbocycles. The molecule has 1 heteroatoms. The molecule has 0 amide bonds. The number of aryl methyl sites for hydroxylation is 1. The monoisotopic (exact) mass is 230 g/mol. The van der Waals surface area contributed by atoms with E-state index in [0.717, 1.165) is 24.0 Å². The van der Waals surface area contributed by atoms with E-state index < -0.39 is 0 Å². The first kappa shape index (κ1) is 13.7. The Kier molecular flexibility index (Phi) is 5.68. The van der Waals surface area contributed by atoms with E-state index in [2.05, 4.69) is 38.1 Å². The summed E-state index contributed by atoms with van der Waals surface area (Å²) in [5.74, 6) is 0.196. The molecule has 92 valence electrons. The molecule has 1 rings (SSSR count). The number of hydrogen-bond donors (Lipinski definition) is 0. The lowest BCUT2D eigenvalue weighted by Crippen LogP contribution is -1.96. The van der Waals surface area contributed by atoms with Crippen LogP contribution in [0, 0.1) is 6.92 Å². The number of hydrogen-bond acceptors (Lipinski definition) is 1. The zero-order valence-electron chi connectivity index (χ0n) is 11.1. The van der Waals surface area contributed by atoms with Crippen LogP contribution in [0.4, 0.5) is 0 Å². The van der Waals surface area contributed by atoms with Gasteiger partial charge in [0, 0.05) is 0 Å². The molecular weight excluding hydrogens is 208 g/mol. The van der Waals surface area contributed by atoms with Crippen molar-refractivity contribution in [3.63, 3.8) is 0 Å². The maximum atomic E-state index is 11.5. The third-order valence-corrected chi connectivity index (χ3v) is 2.92. The van der Waals surface area contributed by atoms with Crippen molar-refractivity contribution in [1.29, 1.82) is 0 Å². The molecule has 0 unspecified atom stereocenters. The Hall–Kier alpha value is -1.37. The van der Waals surface area contributed by atoms with E-state index in [1.807, 2.05) is 6.08 Å². The fourth-order valence-corrected chi connectivity index (χ4v) is 1.78. The second kappa shape index (κ2) is 7.05. The SMILES string of the molecule is CCCCCC(=Cc1ccc(C)cc1)C(C)=O. The highest BCUT2D eigenvalue weighted by Crippen LogP contribution is 2.15. The van der Waals surface area contributed by atoms with Crippen molar-refractivity contribution < 1.29 is 4.79 Å². The molecule has 0 atom stereocenters. The van der Waals surface area contributed by atoms with E-state index in [9.17, 15) is 4.79 Å². The van der Waals surface area contributed by atoms with Crippen LogP contribution < -0.4 is 0 Å². The van der Waals surface area contributed by atoms with Crippen LogP contribution in [0.25, 0.3) is 6.08 Å². The molecule has 0 aliphatic heterocycles. The summed E-state index contributed by atoms with van der Waals surface area (Å²) >= 11 is 0. The molecule has 0 aliphatic rings. The van der Waals surface area contributed by atoms with Crippen molar-refractivity contribution in [1.82, 2.24) is 0 Å². The summed E-state index contributed by atoms with van der Waals surface area (Å²) < 4.78 is 0. The summed E-state index contributed by atoms with van der Waals surface area (Å²) in [6.07, 6.45) is 6.41. The highest BCUT2D eigenvalue weighted by atomic mass is 16.1. The quantitative estimate of drug-likeness (QED) is 0.517. The average molecular weight is 230 g/mol. The summed E-state index contributed by atoms with van der Waals surface area (Å²) in [7, 11) is 0. The first-order valence-corrected chi connectivity index (χ1v) is 6.41. The number of benzene rings is 1. The lowest BCUT2D eigenvalue weighted by atomic mass is 10.0. The predicted molar refractivity (Wildman–Crippen MR) is 74.0 cm³/mol. The second-order valence-corrected chi connectivity index (χ2v) is 4.59. The van der Waals surface area contributed by atoms with E-state index in [1.165, 1.54) is 18.4 Å². The number of ketones is 1. The first-order valence-electron chi connectivity index (χ1n) is 6.41. The van der Waals surface area contributed by atoms with Gasteiger partial charge in [0.1, 0.15) is 0 Å². The van der Waals surface area contributed by atoms with Gasteiger partial charge in [0.05, 0.1) is 0 Å². The van der Waals surface area contributed by atoms with Crippen LogP contribution in [-0.2, 0) is 4.79 Å². The Balaban J connectivity index is 2.75. The van der Waals surface area contributed by atoms with Gasteiger partial charge in [0.15, 0.2) is 5.78 Å². The minimum absolute atomic E-state index is 0.196. The van der Waals surface area contributed by atoms with Crippen molar-refractivity contribution in [3.8, 4) is 0 Å². The maximum Gasteiger partial charge on any atom is 0.155 e. The average Bonchev–Trinajstić information content (AvgIpc) is 2.30. The van der Waals surface area contributed by atoms with Crippen LogP contribution in [0.5, 0.6) is 0 Å². The largest absolute Gasteiger partial charge is 0.295 e. The van der Waals surface area contributed by atoms with E-state index in [-0.39, 0.29) is 5.78 Å². The molecule has 1 nitrogen and oxygen atoms in total. The molecule has 0 saturated carbocycles. The summed E-state index contributed by atoms with van der Waals surface area (Å²) in [6, 6.07) is 8.29. The molecule has 1 aromatic rings. The van der Waals surface area contributed by atoms with Gasteiger partial charge in [0.2, 0.25) is 0 Å².